The quantitative estimate of drug-likeness (QED) is 0.565. The predicted octanol–water partition coefficient (Wildman–Crippen LogP) is 3.30. The van der Waals surface area contributed by atoms with Gasteiger partial charge in [-0.25, -0.2) is 0 Å². The van der Waals surface area contributed by atoms with E-state index in [9.17, 15) is 4.79 Å². The van der Waals surface area contributed by atoms with E-state index < -0.39 is 0 Å². The maximum absolute atomic E-state index is 11.0. The molecule has 1 aromatic rings. The van der Waals surface area contributed by atoms with Crippen molar-refractivity contribution >= 4 is 23.6 Å². The van der Waals surface area contributed by atoms with Crippen molar-refractivity contribution in [2.75, 3.05) is 0 Å². The number of hydrogen-bond donors (Lipinski definition) is 0. The molecule has 2 nitrogen and oxygen atoms in total. The molecule has 0 heterocycles. The molecule has 0 aliphatic heterocycles. The number of benzene rings is 1. The van der Waals surface area contributed by atoms with Crippen LogP contribution in [-0.2, 0) is 4.79 Å². The first-order chi connectivity index (χ1) is 6.67. The van der Waals surface area contributed by atoms with Crippen molar-refractivity contribution in [1.82, 2.24) is 0 Å². The summed E-state index contributed by atoms with van der Waals surface area (Å²) < 4.78 is 5.07. The third kappa shape index (κ3) is 2.60. The summed E-state index contributed by atoms with van der Waals surface area (Å²) in [4.78, 5) is 11.0. The van der Waals surface area contributed by atoms with Crippen LogP contribution in [0.3, 0.4) is 0 Å². The Morgan fingerprint density at radius 2 is 2.36 bits per heavy atom. The Hall–Kier alpha value is -1.28. The van der Waals surface area contributed by atoms with E-state index in [0.717, 1.165) is 5.56 Å². The largest absolute Gasteiger partial charge is 0.426 e. The summed E-state index contributed by atoms with van der Waals surface area (Å²) in [6.45, 7) is 5.36. The number of carbonyl (C=O) groups is 1. The minimum absolute atomic E-state index is 0.268. The standard InChI is InChI=1S/C11H11ClO2/c1-3-8-7-9(12)5-6-10(8)14-11(13)4-2/h3,5-7H,1,4H2,2H3. The summed E-state index contributed by atoms with van der Waals surface area (Å²) in [6.07, 6.45) is 1.95. The molecule has 0 N–H and O–H groups in total. The molecule has 0 saturated heterocycles. The first-order valence-corrected chi connectivity index (χ1v) is 4.67. The van der Waals surface area contributed by atoms with Gasteiger partial charge in [-0.15, -0.1) is 0 Å². The Balaban J connectivity index is 2.96. The van der Waals surface area contributed by atoms with Crippen LogP contribution < -0.4 is 4.74 Å². The molecule has 0 fully saturated rings. The van der Waals surface area contributed by atoms with Crippen LogP contribution in [0.1, 0.15) is 18.9 Å². The van der Waals surface area contributed by atoms with E-state index >= 15 is 0 Å². The molecule has 0 aromatic heterocycles. The summed E-state index contributed by atoms with van der Waals surface area (Å²) in [5.41, 5.74) is 0.722. The second kappa shape index (κ2) is 4.82. The molecular weight excluding hydrogens is 200 g/mol. The van der Waals surface area contributed by atoms with E-state index in [4.69, 9.17) is 16.3 Å². The van der Waals surface area contributed by atoms with Gasteiger partial charge in [0.1, 0.15) is 5.75 Å². The Bertz CT molecular complexity index is 358. The Morgan fingerprint density at radius 1 is 1.64 bits per heavy atom. The monoisotopic (exact) mass is 210 g/mol. The van der Waals surface area contributed by atoms with Crippen molar-refractivity contribution in [2.24, 2.45) is 0 Å². The third-order valence-corrected chi connectivity index (χ3v) is 1.94. The van der Waals surface area contributed by atoms with E-state index in [1.165, 1.54) is 0 Å². The highest BCUT2D eigenvalue weighted by atomic mass is 35.5. The van der Waals surface area contributed by atoms with Gasteiger partial charge in [-0.05, 0) is 18.2 Å². The van der Waals surface area contributed by atoms with Gasteiger partial charge in [0.25, 0.3) is 0 Å². The van der Waals surface area contributed by atoms with Crippen LogP contribution >= 0.6 is 11.6 Å². The summed E-state index contributed by atoms with van der Waals surface area (Å²) in [5, 5.41) is 0.594. The molecule has 3 heteroatoms. The summed E-state index contributed by atoms with van der Waals surface area (Å²) in [6, 6.07) is 5.03. The third-order valence-electron chi connectivity index (χ3n) is 1.70. The molecule has 0 bridgehead atoms. The van der Waals surface area contributed by atoms with Crippen LogP contribution in [0.15, 0.2) is 24.8 Å². The topological polar surface area (TPSA) is 26.3 Å². The molecule has 0 atom stereocenters. The van der Waals surface area contributed by atoms with Crippen molar-refractivity contribution < 1.29 is 9.53 Å². The second-order valence-corrected chi connectivity index (χ2v) is 3.15. The molecule has 0 radical (unpaired) electrons. The minimum atomic E-state index is -0.268. The SMILES string of the molecule is C=Cc1cc(Cl)ccc1OC(=O)CC. The van der Waals surface area contributed by atoms with Crippen LogP contribution in [0.4, 0.5) is 0 Å². The highest BCUT2D eigenvalue weighted by Crippen LogP contribution is 2.24. The van der Waals surface area contributed by atoms with Crippen LogP contribution in [0, 0.1) is 0 Å². The molecule has 0 amide bonds. The summed E-state index contributed by atoms with van der Waals surface area (Å²) in [7, 11) is 0. The van der Waals surface area contributed by atoms with E-state index in [0.29, 0.717) is 17.2 Å². The first-order valence-electron chi connectivity index (χ1n) is 4.30. The predicted molar refractivity (Wildman–Crippen MR) is 57.5 cm³/mol. The van der Waals surface area contributed by atoms with Crippen molar-refractivity contribution in [1.29, 1.82) is 0 Å². The van der Waals surface area contributed by atoms with Gasteiger partial charge in [-0.3, -0.25) is 4.79 Å². The first kappa shape index (κ1) is 10.8. The zero-order valence-electron chi connectivity index (χ0n) is 7.92. The Labute approximate surface area is 88.1 Å². The lowest BCUT2D eigenvalue weighted by molar-refractivity contribution is -0.134. The molecule has 0 aliphatic carbocycles. The fourth-order valence-corrected chi connectivity index (χ4v) is 1.15. The van der Waals surface area contributed by atoms with Crippen molar-refractivity contribution in [3.8, 4) is 5.75 Å². The summed E-state index contributed by atoms with van der Waals surface area (Å²) in [5.74, 6) is 0.228. The maximum atomic E-state index is 11.0. The number of carbonyl (C=O) groups excluding carboxylic acids is 1. The summed E-state index contributed by atoms with van der Waals surface area (Å²) >= 11 is 5.78. The smallest absolute Gasteiger partial charge is 0.310 e. The van der Waals surface area contributed by atoms with Crippen molar-refractivity contribution in [3.63, 3.8) is 0 Å². The van der Waals surface area contributed by atoms with E-state index in [1.54, 1.807) is 31.2 Å². The highest BCUT2D eigenvalue weighted by molar-refractivity contribution is 6.30. The van der Waals surface area contributed by atoms with Crippen LogP contribution in [-0.4, -0.2) is 5.97 Å². The highest BCUT2D eigenvalue weighted by Gasteiger charge is 2.05. The van der Waals surface area contributed by atoms with E-state index in [1.807, 2.05) is 0 Å². The van der Waals surface area contributed by atoms with Crippen molar-refractivity contribution in [2.45, 2.75) is 13.3 Å². The molecule has 0 saturated carbocycles. The molecule has 1 rings (SSSR count). The number of hydrogen-bond acceptors (Lipinski definition) is 2. The van der Waals surface area contributed by atoms with Crippen molar-refractivity contribution in [3.05, 3.63) is 35.4 Å². The maximum Gasteiger partial charge on any atom is 0.310 e. The fourth-order valence-electron chi connectivity index (χ4n) is 0.967. The van der Waals surface area contributed by atoms with Gasteiger partial charge in [0.2, 0.25) is 0 Å². The fraction of sp³-hybridized carbons (Fsp3) is 0.182. The van der Waals surface area contributed by atoms with Gasteiger partial charge in [0.05, 0.1) is 0 Å². The van der Waals surface area contributed by atoms with Gasteiger partial charge in [0.15, 0.2) is 0 Å². The molecule has 74 valence electrons. The normalized spacial score (nSPS) is 9.57. The van der Waals surface area contributed by atoms with E-state index in [-0.39, 0.29) is 5.97 Å². The van der Waals surface area contributed by atoms with Gasteiger partial charge in [0, 0.05) is 17.0 Å². The van der Waals surface area contributed by atoms with Gasteiger partial charge >= 0.3 is 5.97 Å². The average molecular weight is 211 g/mol. The lowest BCUT2D eigenvalue weighted by atomic mass is 10.2. The molecule has 0 spiro atoms. The average Bonchev–Trinajstić information content (AvgIpc) is 2.20. The van der Waals surface area contributed by atoms with Gasteiger partial charge < -0.3 is 4.74 Å². The zero-order chi connectivity index (χ0) is 10.6. The molecule has 1 aromatic carbocycles. The van der Waals surface area contributed by atoms with Crippen LogP contribution in [0.5, 0.6) is 5.75 Å². The number of esters is 1. The second-order valence-electron chi connectivity index (χ2n) is 2.71. The van der Waals surface area contributed by atoms with Crippen LogP contribution in [0.2, 0.25) is 5.02 Å². The molecule has 0 unspecified atom stereocenters. The minimum Gasteiger partial charge on any atom is -0.426 e. The Morgan fingerprint density at radius 3 is 2.93 bits per heavy atom. The van der Waals surface area contributed by atoms with Gasteiger partial charge in [-0.2, -0.15) is 0 Å². The lowest BCUT2D eigenvalue weighted by Crippen LogP contribution is -2.06. The molecule has 14 heavy (non-hydrogen) atoms. The number of halogens is 1. The molecule has 0 aliphatic rings. The number of rotatable bonds is 3. The van der Waals surface area contributed by atoms with E-state index in [2.05, 4.69) is 6.58 Å². The molecular formula is C11H11ClO2. The Kier molecular flexibility index (Phi) is 3.72. The van der Waals surface area contributed by atoms with Gasteiger partial charge in [-0.1, -0.05) is 31.2 Å². The van der Waals surface area contributed by atoms with Crippen LogP contribution in [0.25, 0.3) is 6.08 Å². The lowest BCUT2D eigenvalue weighted by Gasteiger charge is -2.06. The number of ether oxygens (including phenoxy) is 1. The zero-order valence-corrected chi connectivity index (χ0v) is 8.67.